The van der Waals surface area contributed by atoms with Gasteiger partial charge in [0.15, 0.2) is 5.16 Å². The molecule has 1 aromatic carbocycles. The second-order valence-electron chi connectivity index (χ2n) is 7.77. The number of fused-ring (bicyclic) bond motifs is 1. The minimum Gasteiger partial charge on any atom is -0.352 e. The van der Waals surface area contributed by atoms with Gasteiger partial charge in [-0.1, -0.05) is 35.5 Å². The average Bonchev–Trinajstić information content (AvgIpc) is 3.52. The summed E-state index contributed by atoms with van der Waals surface area (Å²) >= 11 is 1.38. The van der Waals surface area contributed by atoms with Gasteiger partial charge in [0.1, 0.15) is 0 Å². The summed E-state index contributed by atoms with van der Waals surface area (Å²) in [7, 11) is 0. The fourth-order valence-corrected chi connectivity index (χ4v) is 4.52. The van der Waals surface area contributed by atoms with Crippen LogP contribution in [-0.2, 0) is 11.3 Å². The summed E-state index contributed by atoms with van der Waals surface area (Å²) in [5, 5.41) is 4.04. The number of para-hydroxylation sites is 1. The summed E-state index contributed by atoms with van der Waals surface area (Å²) in [6.45, 7) is 2.50. The first-order chi connectivity index (χ1) is 13.6. The van der Waals surface area contributed by atoms with Gasteiger partial charge in [-0.25, -0.2) is 4.98 Å². The SMILES string of the molecule is C[C@@H](Sc1nc2ccccc2c(=O)n1CCC1=CCCCC1)C(=O)NC1CC1. The van der Waals surface area contributed by atoms with Gasteiger partial charge in [0.25, 0.3) is 5.56 Å². The first-order valence-electron chi connectivity index (χ1n) is 10.3. The maximum Gasteiger partial charge on any atom is 0.262 e. The summed E-state index contributed by atoms with van der Waals surface area (Å²) in [5.41, 5.74) is 2.11. The predicted octanol–water partition coefficient (Wildman–Crippen LogP) is 4.05. The van der Waals surface area contributed by atoms with E-state index in [0.717, 1.165) is 32.1 Å². The van der Waals surface area contributed by atoms with Crippen molar-refractivity contribution in [1.29, 1.82) is 0 Å². The molecule has 1 saturated carbocycles. The lowest BCUT2D eigenvalue weighted by molar-refractivity contribution is -0.120. The number of allylic oxidation sites excluding steroid dienone is 2. The molecule has 2 aliphatic carbocycles. The van der Waals surface area contributed by atoms with E-state index in [1.54, 1.807) is 4.57 Å². The number of nitrogens with zero attached hydrogens (tertiary/aromatic N) is 2. The second kappa shape index (κ2) is 8.52. The van der Waals surface area contributed by atoms with Crippen LogP contribution in [0.2, 0.25) is 0 Å². The fourth-order valence-electron chi connectivity index (χ4n) is 3.58. The maximum atomic E-state index is 13.2. The Bertz CT molecular complexity index is 962. The molecule has 0 saturated heterocycles. The summed E-state index contributed by atoms with van der Waals surface area (Å²) in [6, 6.07) is 7.80. The largest absolute Gasteiger partial charge is 0.352 e. The van der Waals surface area contributed by atoms with Gasteiger partial charge in [0, 0.05) is 12.6 Å². The zero-order chi connectivity index (χ0) is 19.5. The summed E-state index contributed by atoms with van der Waals surface area (Å²) in [6.07, 6.45) is 10.1. The normalized spacial score (nSPS) is 18.0. The molecule has 0 aliphatic heterocycles. The molecule has 5 nitrogen and oxygen atoms in total. The molecule has 6 heteroatoms. The van der Waals surface area contributed by atoms with Crippen LogP contribution in [0.1, 0.15) is 51.9 Å². The zero-order valence-corrected chi connectivity index (χ0v) is 17.1. The van der Waals surface area contributed by atoms with E-state index in [-0.39, 0.29) is 16.7 Å². The van der Waals surface area contributed by atoms with Crippen molar-refractivity contribution >= 4 is 28.6 Å². The van der Waals surface area contributed by atoms with E-state index in [2.05, 4.69) is 11.4 Å². The van der Waals surface area contributed by atoms with Crippen molar-refractivity contribution in [2.45, 2.75) is 74.9 Å². The minimum absolute atomic E-state index is 0.0145. The van der Waals surface area contributed by atoms with E-state index in [4.69, 9.17) is 4.98 Å². The van der Waals surface area contributed by atoms with Crippen molar-refractivity contribution < 1.29 is 4.79 Å². The Kier molecular flexibility index (Phi) is 5.85. The standard InChI is InChI=1S/C22H27N3O2S/c1-15(20(26)23-17-11-12-17)28-22-24-19-10-6-5-9-18(19)21(27)25(22)14-13-16-7-3-2-4-8-16/h5-7,9-10,15,17H,2-4,8,11-14H2,1H3,(H,23,26)/t15-/m1/s1. The lowest BCUT2D eigenvalue weighted by atomic mass is 9.97. The molecule has 0 spiro atoms. The van der Waals surface area contributed by atoms with Crippen LogP contribution < -0.4 is 10.9 Å². The monoisotopic (exact) mass is 397 g/mol. The molecular weight excluding hydrogens is 370 g/mol. The van der Waals surface area contributed by atoms with Crippen LogP contribution in [0, 0.1) is 0 Å². The maximum absolute atomic E-state index is 13.2. The number of amides is 1. The highest BCUT2D eigenvalue weighted by molar-refractivity contribution is 8.00. The number of thioether (sulfide) groups is 1. The summed E-state index contributed by atoms with van der Waals surface area (Å²) < 4.78 is 1.77. The van der Waals surface area contributed by atoms with Crippen molar-refractivity contribution in [3.8, 4) is 0 Å². The van der Waals surface area contributed by atoms with Crippen LogP contribution >= 0.6 is 11.8 Å². The Morgan fingerprint density at radius 2 is 2.14 bits per heavy atom. The van der Waals surface area contributed by atoms with Gasteiger partial charge in [-0.15, -0.1) is 0 Å². The van der Waals surface area contributed by atoms with E-state index in [1.807, 2.05) is 31.2 Å². The van der Waals surface area contributed by atoms with Crippen molar-refractivity contribution in [3.05, 3.63) is 46.3 Å². The highest BCUT2D eigenvalue weighted by atomic mass is 32.2. The van der Waals surface area contributed by atoms with Crippen LogP contribution in [0.5, 0.6) is 0 Å². The van der Waals surface area contributed by atoms with E-state index >= 15 is 0 Å². The third-order valence-electron chi connectivity index (χ3n) is 5.44. The molecule has 0 bridgehead atoms. The van der Waals surface area contributed by atoms with Gasteiger partial charge >= 0.3 is 0 Å². The van der Waals surface area contributed by atoms with E-state index < -0.39 is 0 Å². The first kappa shape index (κ1) is 19.2. The van der Waals surface area contributed by atoms with Gasteiger partial charge in [-0.2, -0.15) is 0 Å². The highest BCUT2D eigenvalue weighted by Crippen LogP contribution is 2.26. The molecule has 28 heavy (non-hydrogen) atoms. The molecule has 4 rings (SSSR count). The number of carbonyl (C=O) groups is 1. The first-order valence-corrected chi connectivity index (χ1v) is 11.1. The summed E-state index contributed by atoms with van der Waals surface area (Å²) in [5.74, 6) is 0.0245. The van der Waals surface area contributed by atoms with E-state index in [1.165, 1.54) is 30.2 Å². The Morgan fingerprint density at radius 3 is 2.89 bits per heavy atom. The molecule has 2 aliphatic rings. The number of carbonyl (C=O) groups excluding carboxylic acids is 1. The number of nitrogens with one attached hydrogen (secondary N) is 1. The van der Waals surface area contributed by atoms with Crippen LogP contribution in [0.15, 0.2) is 45.9 Å². The number of hydrogen-bond acceptors (Lipinski definition) is 4. The Labute approximate surface area is 169 Å². The predicted molar refractivity (Wildman–Crippen MR) is 114 cm³/mol. The van der Waals surface area contributed by atoms with Crippen LogP contribution in [0.3, 0.4) is 0 Å². The molecule has 2 aromatic rings. The Hall–Kier alpha value is -2.08. The molecular formula is C22H27N3O2S. The fraction of sp³-hybridized carbons (Fsp3) is 0.500. The number of hydrogen-bond donors (Lipinski definition) is 1. The van der Waals surface area contributed by atoms with Crippen molar-refractivity contribution in [1.82, 2.24) is 14.9 Å². The highest BCUT2D eigenvalue weighted by Gasteiger charge is 2.27. The summed E-state index contributed by atoms with van der Waals surface area (Å²) in [4.78, 5) is 30.3. The van der Waals surface area contributed by atoms with Crippen LogP contribution in [-0.4, -0.2) is 26.8 Å². The smallest absolute Gasteiger partial charge is 0.262 e. The van der Waals surface area contributed by atoms with Gasteiger partial charge in [-0.3, -0.25) is 14.2 Å². The molecule has 0 unspecified atom stereocenters. The van der Waals surface area contributed by atoms with Crippen LogP contribution in [0.4, 0.5) is 0 Å². The number of rotatable bonds is 7. The minimum atomic E-state index is -0.284. The van der Waals surface area contributed by atoms with Crippen molar-refractivity contribution in [2.75, 3.05) is 0 Å². The second-order valence-corrected chi connectivity index (χ2v) is 9.08. The Balaban J connectivity index is 1.61. The molecule has 1 aromatic heterocycles. The molecule has 1 atom stereocenters. The lowest BCUT2D eigenvalue weighted by Gasteiger charge is -2.18. The molecule has 1 fully saturated rings. The van der Waals surface area contributed by atoms with E-state index in [0.29, 0.717) is 28.6 Å². The molecule has 0 radical (unpaired) electrons. The lowest BCUT2D eigenvalue weighted by Crippen LogP contribution is -2.33. The van der Waals surface area contributed by atoms with E-state index in [9.17, 15) is 9.59 Å². The zero-order valence-electron chi connectivity index (χ0n) is 16.3. The average molecular weight is 398 g/mol. The Morgan fingerprint density at radius 1 is 1.32 bits per heavy atom. The van der Waals surface area contributed by atoms with Crippen molar-refractivity contribution in [3.63, 3.8) is 0 Å². The van der Waals surface area contributed by atoms with Gasteiger partial charge in [0.05, 0.1) is 16.2 Å². The third kappa shape index (κ3) is 4.49. The molecule has 1 heterocycles. The quantitative estimate of drug-likeness (QED) is 0.435. The molecule has 1 N–H and O–H groups in total. The topological polar surface area (TPSA) is 64.0 Å². The van der Waals surface area contributed by atoms with Gasteiger partial charge < -0.3 is 5.32 Å². The molecule has 1 amide bonds. The third-order valence-corrected chi connectivity index (χ3v) is 6.53. The van der Waals surface area contributed by atoms with Crippen LogP contribution in [0.25, 0.3) is 10.9 Å². The molecule has 148 valence electrons. The number of aromatic nitrogens is 2. The number of benzene rings is 1. The van der Waals surface area contributed by atoms with Crippen molar-refractivity contribution in [2.24, 2.45) is 0 Å². The van der Waals surface area contributed by atoms with Gasteiger partial charge in [-0.05, 0) is 64.0 Å². The van der Waals surface area contributed by atoms with Gasteiger partial charge in [0.2, 0.25) is 5.91 Å².